The van der Waals surface area contributed by atoms with E-state index >= 15 is 0 Å². The Hall–Kier alpha value is -3.72. The number of ether oxygens (including phenoxy) is 1. The average molecular weight is 574 g/mol. The van der Waals surface area contributed by atoms with Crippen LogP contribution >= 0.6 is 0 Å². The van der Waals surface area contributed by atoms with E-state index in [1.54, 1.807) is 44.4 Å². The number of alkyl halides is 3. The van der Waals surface area contributed by atoms with Crippen molar-refractivity contribution in [3.8, 4) is 6.07 Å². The lowest BCUT2D eigenvalue weighted by Gasteiger charge is -2.36. The van der Waals surface area contributed by atoms with Crippen molar-refractivity contribution in [1.82, 2.24) is 20.5 Å². The zero-order valence-corrected chi connectivity index (χ0v) is 23.7. The summed E-state index contributed by atoms with van der Waals surface area (Å²) in [5.41, 5.74) is -0.664. The Balaban J connectivity index is 1.64. The molecular formula is C29H34F3N5O4. The number of likely N-dealkylation sites (tertiary alicyclic amines) is 1. The van der Waals surface area contributed by atoms with Gasteiger partial charge in [-0.15, -0.1) is 0 Å². The number of nitrogens with one attached hydrogen (secondary N) is 2. The van der Waals surface area contributed by atoms with Gasteiger partial charge >= 0.3 is 12.1 Å². The van der Waals surface area contributed by atoms with E-state index in [1.807, 2.05) is 26.0 Å². The number of nitriles is 1. The molecule has 2 aliphatic rings. The van der Waals surface area contributed by atoms with Crippen LogP contribution in [-0.4, -0.2) is 64.1 Å². The number of piperidine rings is 1. The summed E-state index contributed by atoms with van der Waals surface area (Å²) in [6, 6.07) is 5.49. The SMILES string of the molecule is C[C@@H](OC(C)(C)C)[C@H](NC(=O)C(F)(F)F)C(=O)N1C[C@H]2[C@@H]([C@H]1C(=O)NC(C#N)c1cncc3ccccc13)C2(C)C. The Kier molecular flexibility index (Phi) is 7.82. The van der Waals surface area contributed by atoms with Crippen LogP contribution in [0.3, 0.4) is 0 Å². The molecule has 0 radical (unpaired) electrons. The topological polar surface area (TPSA) is 124 Å². The molecule has 2 N–H and O–H groups in total. The molecule has 41 heavy (non-hydrogen) atoms. The van der Waals surface area contributed by atoms with E-state index < -0.39 is 53.7 Å². The number of hydrogen-bond donors (Lipinski definition) is 2. The van der Waals surface area contributed by atoms with Crippen molar-refractivity contribution in [2.45, 2.75) is 77.5 Å². The molecule has 4 rings (SSSR count). The Morgan fingerprint density at radius 2 is 1.80 bits per heavy atom. The van der Waals surface area contributed by atoms with E-state index in [-0.39, 0.29) is 23.8 Å². The second-order valence-electron chi connectivity index (χ2n) is 12.3. The Labute approximate surface area is 236 Å². The Morgan fingerprint density at radius 1 is 1.15 bits per heavy atom. The van der Waals surface area contributed by atoms with Crippen molar-refractivity contribution < 1.29 is 32.3 Å². The Morgan fingerprint density at radius 3 is 2.41 bits per heavy atom. The van der Waals surface area contributed by atoms with E-state index in [1.165, 1.54) is 18.0 Å². The highest BCUT2D eigenvalue weighted by molar-refractivity contribution is 5.95. The predicted molar refractivity (Wildman–Crippen MR) is 143 cm³/mol. The number of rotatable bonds is 7. The highest BCUT2D eigenvalue weighted by Crippen LogP contribution is 2.65. The van der Waals surface area contributed by atoms with Gasteiger partial charge in [-0.3, -0.25) is 19.4 Å². The molecular weight excluding hydrogens is 539 g/mol. The van der Waals surface area contributed by atoms with E-state index in [0.717, 1.165) is 10.8 Å². The van der Waals surface area contributed by atoms with Gasteiger partial charge in [-0.25, -0.2) is 0 Å². The van der Waals surface area contributed by atoms with Crippen molar-refractivity contribution in [3.63, 3.8) is 0 Å². The second kappa shape index (κ2) is 10.6. The summed E-state index contributed by atoms with van der Waals surface area (Å²) in [4.78, 5) is 44.9. The van der Waals surface area contributed by atoms with Crippen LogP contribution in [0, 0.1) is 28.6 Å². The zero-order valence-electron chi connectivity index (χ0n) is 23.7. The molecule has 220 valence electrons. The molecule has 1 aliphatic heterocycles. The molecule has 12 heteroatoms. The second-order valence-corrected chi connectivity index (χ2v) is 12.3. The quantitative estimate of drug-likeness (QED) is 0.521. The normalized spacial score (nSPS) is 23.6. The molecule has 0 bridgehead atoms. The molecule has 1 saturated heterocycles. The van der Waals surface area contributed by atoms with Crippen LogP contribution in [0.4, 0.5) is 13.2 Å². The van der Waals surface area contributed by atoms with Crippen LogP contribution in [0.5, 0.6) is 0 Å². The third-order valence-electron chi connectivity index (χ3n) is 8.00. The summed E-state index contributed by atoms with van der Waals surface area (Å²) in [5.74, 6) is -4.11. The predicted octanol–water partition coefficient (Wildman–Crippen LogP) is 3.65. The van der Waals surface area contributed by atoms with Gasteiger partial charge in [-0.2, -0.15) is 18.4 Å². The average Bonchev–Trinajstić information content (AvgIpc) is 3.21. The molecule has 1 aromatic carbocycles. The number of nitrogens with zero attached hydrogens (tertiary/aromatic N) is 3. The standard InChI is InChI=1S/C29H34F3N5O4/c1-15(41-27(2,3)4)22(36-26(40)29(30,31)32)25(39)37-14-19-21(28(19,5)6)23(37)24(38)35-20(11-33)18-13-34-12-16-9-7-8-10-17(16)18/h7-10,12-13,15,19-23H,14H2,1-6H3,(H,35,38)(H,36,40)/t15-,19+,20?,21+,22+,23+/m1/s1. The van der Waals surface area contributed by atoms with Crippen molar-refractivity contribution in [1.29, 1.82) is 5.26 Å². The van der Waals surface area contributed by atoms with E-state index in [2.05, 4.69) is 16.4 Å². The van der Waals surface area contributed by atoms with Crippen LogP contribution in [0.2, 0.25) is 0 Å². The van der Waals surface area contributed by atoms with Crippen molar-refractivity contribution in [2.75, 3.05) is 6.54 Å². The van der Waals surface area contributed by atoms with Gasteiger partial charge in [0.05, 0.1) is 17.8 Å². The molecule has 1 aromatic heterocycles. The largest absolute Gasteiger partial charge is 0.471 e. The van der Waals surface area contributed by atoms with Crippen molar-refractivity contribution >= 4 is 28.5 Å². The highest BCUT2D eigenvalue weighted by atomic mass is 19.4. The maximum absolute atomic E-state index is 13.8. The van der Waals surface area contributed by atoms with Gasteiger partial charge in [-0.1, -0.05) is 38.1 Å². The van der Waals surface area contributed by atoms with E-state index in [4.69, 9.17) is 4.74 Å². The summed E-state index contributed by atoms with van der Waals surface area (Å²) in [5, 5.41) is 16.0. The minimum atomic E-state index is -5.22. The molecule has 9 nitrogen and oxygen atoms in total. The minimum absolute atomic E-state index is 0.0835. The molecule has 1 saturated carbocycles. The fourth-order valence-corrected chi connectivity index (χ4v) is 6.00. The number of carbonyl (C=O) groups excluding carboxylic acids is 3. The minimum Gasteiger partial charge on any atom is -0.370 e. The number of halogens is 3. The monoisotopic (exact) mass is 573 g/mol. The molecule has 6 atom stereocenters. The highest BCUT2D eigenvalue weighted by Gasteiger charge is 2.69. The molecule has 1 aliphatic carbocycles. The lowest BCUT2D eigenvalue weighted by molar-refractivity contribution is -0.177. The number of fused-ring (bicyclic) bond motifs is 2. The summed E-state index contributed by atoms with van der Waals surface area (Å²) in [7, 11) is 0. The van der Waals surface area contributed by atoms with Crippen LogP contribution in [0.15, 0.2) is 36.7 Å². The van der Waals surface area contributed by atoms with Gasteiger partial charge in [0, 0.05) is 29.9 Å². The number of pyridine rings is 1. The van der Waals surface area contributed by atoms with E-state index in [0.29, 0.717) is 5.56 Å². The fourth-order valence-electron chi connectivity index (χ4n) is 6.00. The number of benzene rings is 1. The third-order valence-corrected chi connectivity index (χ3v) is 8.00. The maximum atomic E-state index is 13.8. The molecule has 1 unspecified atom stereocenters. The molecule has 2 heterocycles. The molecule has 2 aromatic rings. The summed E-state index contributed by atoms with van der Waals surface area (Å²) in [6.07, 6.45) is -3.24. The van der Waals surface area contributed by atoms with Crippen LogP contribution < -0.4 is 10.6 Å². The lowest BCUT2D eigenvalue weighted by atomic mass is 9.97. The number of amides is 3. The smallest absolute Gasteiger partial charge is 0.370 e. The van der Waals surface area contributed by atoms with Crippen LogP contribution in [0.25, 0.3) is 10.8 Å². The first-order valence-corrected chi connectivity index (χ1v) is 13.4. The van der Waals surface area contributed by atoms with Crippen molar-refractivity contribution in [2.24, 2.45) is 17.3 Å². The Bertz CT molecular complexity index is 1390. The molecule has 2 fully saturated rings. The summed E-state index contributed by atoms with van der Waals surface area (Å²) in [6.45, 7) is 10.4. The zero-order chi connectivity index (χ0) is 30.5. The summed E-state index contributed by atoms with van der Waals surface area (Å²) >= 11 is 0. The van der Waals surface area contributed by atoms with Crippen LogP contribution in [-0.2, 0) is 19.1 Å². The van der Waals surface area contributed by atoms with Gasteiger partial charge in [0.1, 0.15) is 18.1 Å². The van der Waals surface area contributed by atoms with Gasteiger partial charge in [0.2, 0.25) is 11.8 Å². The lowest BCUT2D eigenvalue weighted by Crippen LogP contribution is -2.61. The number of aromatic nitrogens is 1. The maximum Gasteiger partial charge on any atom is 0.471 e. The van der Waals surface area contributed by atoms with Crippen molar-refractivity contribution in [3.05, 3.63) is 42.2 Å². The van der Waals surface area contributed by atoms with E-state index in [9.17, 15) is 32.8 Å². The summed E-state index contributed by atoms with van der Waals surface area (Å²) < 4.78 is 45.4. The fraction of sp³-hybridized carbons (Fsp3) is 0.552. The van der Waals surface area contributed by atoms with Gasteiger partial charge in [0.15, 0.2) is 0 Å². The van der Waals surface area contributed by atoms with Crippen LogP contribution in [0.1, 0.15) is 53.1 Å². The molecule has 3 amide bonds. The first-order valence-electron chi connectivity index (χ1n) is 13.4. The van der Waals surface area contributed by atoms with Gasteiger partial charge in [-0.05, 0) is 50.3 Å². The number of carbonyl (C=O) groups is 3. The van der Waals surface area contributed by atoms with Gasteiger partial charge < -0.3 is 20.3 Å². The first kappa shape index (κ1) is 30.2. The third kappa shape index (κ3) is 6.00. The first-order chi connectivity index (χ1) is 19.0. The van der Waals surface area contributed by atoms with Gasteiger partial charge in [0.25, 0.3) is 0 Å². The molecule has 0 spiro atoms. The number of hydrogen-bond acceptors (Lipinski definition) is 6.